The van der Waals surface area contributed by atoms with Crippen molar-refractivity contribution in [3.05, 3.63) is 0 Å². The Kier molecular flexibility index (Phi) is 6.88. The van der Waals surface area contributed by atoms with Crippen LogP contribution >= 0.6 is 0 Å². The Morgan fingerprint density at radius 3 is 1.76 bits per heavy atom. The maximum atomic E-state index is 13.2. The van der Waals surface area contributed by atoms with Crippen molar-refractivity contribution in [2.45, 2.75) is 30.9 Å². The third kappa shape index (κ3) is 5.94. The third-order valence-corrected chi connectivity index (χ3v) is 3.92. The van der Waals surface area contributed by atoms with Crippen LogP contribution in [0.4, 0.5) is 30.7 Å². The smallest absolute Gasteiger partial charge is 0.320 e. The number of rotatable bonds is 8. The first-order valence-corrected chi connectivity index (χ1v) is 7.36. The van der Waals surface area contributed by atoms with E-state index in [0.29, 0.717) is 6.54 Å². The maximum Gasteiger partial charge on any atom is 0.431 e. The summed E-state index contributed by atoms with van der Waals surface area (Å²) in [6.45, 7) is 0.209. The molecule has 0 atom stereocenters. The summed E-state index contributed by atoms with van der Waals surface area (Å²) < 4.78 is 111. The van der Waals surface area contributed by atoms with E-state index >= 15 is 0 Å². The number of hydrogen-bond acceptors (Lipinski definition) is 3. The molecule has 0 saturated heterocycles. The molecule has 0 bridgehead atoms. The van der Waals surface area contributed by atoms with Gasteiger partial charge in [0.15, 0.2) is 0 Å². The Labute approximate surface area is 117 Å². The minimum Gasteiger partial charge on any atom is -0.320 e. The molecular weight excluding hydrogens is 333 g/mol. The lowest BCUT2D eigenvalue weighted by molar-refractivity contribution is -0.341. The van der Waals surface area contributed by atoms with E-state index in [-0.39, 0.29) is 13.0 Å². The van der Waals surface area contributed by atoms with Gasteiger partial charge in [-0.1, -0.05) is 0 Å². The van der Waals surface area contributed by atoms with Crippen molar-refractivity contribution in [1.82, 2.24) is 10.0 Å². The van der Waals surface area contributed by atoms with Crippen LogP contribution < -0.4 is 10.0 Å². The molecule has 0 radical (unpaired) electrons. The highest BCUT2D eigenvalue weighted by atomic mass is 32.2. The van der Waals surface area contributed by atoms with Gasteiger partial charge in [-0.15, -0.1) is 0 Å². The molecular formula is C9H15F7N2O2S. The van der Waals surface area contributed by atoms with Gasteiger partial charge in [0.25, 0.3) is 5.67 Å². The molecule has 0 aromatic rings. The molecule has 0 aliphatic heterocycles. The molecule has 0 aliphatic rings. The van der Waals surface area contributed by atoms with E-state index in [1.807, 2.05) is 0 Å². The predicted octanol–water partition coefficient (Wildman–Crippen LogP) is 1.74. The van der Waals surface area contributed by atoms with E-state index in [9.17, 15) is 39.2 Å². The summed E-state index contributed by atoms with van der Waals surface area (Å²) in [5.74, 6) is -1.62. The van der Waals surface area contributed by atoms with Gasteiger partial charge in [-0.05, 0) is 20.0 Å². The van der Waals surface area contributed by atoms with Crippen LogP contribution in [0.25, 0.3) is 0 Å². The normalized spacial score (nSPS) is 14.5. The molecule has 0 unspecified atom stereocenters. The Balaban J connectivity index is 4.78. The van der Waals surface area contributed by atoms with Crippen molar-refractivity contribution in [3.63, 3.8) is 0 Å². The fourth-order valence-corrected chi connectivity index (χ4v) is 2.43. The SMILES string of the molecule is CNCCCNS(=O)(=O)CCC(F)(C(F)(F)F)C(F)(F)F. The lowest BCUT2D eigenvalue weighted by Crippen LogP contribution is -2.54. The molecule has 0 amide bonds. The number of hydrogen-bond donors (Lipinski definition) is 2. The number of nitrogens with one attached hydrogen (secondary N) is 2. The highest BCUT2D eigenvalue weighted by Gasteiger charge is 2.72. The Morgan fingerprint density at radius 1 is 0.905 bits per heavy atom. The Morgan fingerprint density at radius 2 is 1.38 bits per heavy atom. The van der Waals surface area contributed by atoms with Gasteiger partial charge in [0.1, 0.15) is 0 Å². The summed E-state index contributed by atoms with van der Waals surface area (Å²) in [6, 6.07) is 0. The molecule has 0 rings (SSSR count). The molecule has 0 fully saturated rings. The van der Waals surface area contributed by atoms with E-state index in [1.165, 1.54) is 0 Å². The summed E-state index contributed by atoms with van der Waals surface area (Å²) in [6.07, 6.45) is -14.5. The first-order valence-electron chi connectivity index (χ1n) is 5.71. The quantitative estimate of drug-likeness (QED) is 0.519. The van der Waals surface area contributed by atoms with Crippen LogP contribution in [0.2, 0.25) is 0 Å². The van der Waals surface area contributed by atoms with Crippen LogP contribution in [0.3, 0.4) is 0 Å². The highest BCUT2D eigenvalue weighted by molar-refractivity contribution is 7.89. The highest BCUT2D eigenvalue weighted by Crippen LogP contribution is 2.48. The fourth-order valence-electron chi connectivity index (χ4n) is 1.28. The Hall–Kier alpha value is -0.620. The lowest BCUT2D eigenvalue weighted by atomic mass is 10.0. The second kappa shape index (κ2) is 7.09. The van der Waals surface area contributed by atoms with Gasteiger partial charge in [-0.2, -0.15) is 26.3 Å². The average Bonchev–Trinajstić information content (AvgIpc) is 2.29. The van der Waals surface area contributed by atoms with E-state index < -0.39 is 40.2 Å². The van der Waals surface area contributed by atoms with Gasteiger partial charge in [0.05, 0.1) is 5.75 Å². The van der Waals surface area contributed by atoms with Crippen molar-refractivity contribution >= 4 is 10.0 Å². The second-order valence-corrected chi connectivity index (χ2v) is 6.14. The van der Waals surface area contributed by atoms with Crippen LogP contribution in [0, 0.1) is 0 Å². The van der Waals surface area contributed by atoms with Crippen molar-refractivity contribution in [1.29, 1.82) is 0 Å². The summed E-state index contributed by atoms with van der Waals surface area (Å²) in [5, 5.41) is 2.66. The maximum absolute atomic E-state index is 13.2. The third-order valence-electron chi connectivity index (χ3n) is 2.54. The molecule has 0 aromatic carbocycles. The monoisotopic (exact) mass is 348 g/mol. The van der Waals surface area contributed by atoms with Crippen molar-refractivity contribution in [3.8, 4) is 0 Å². The molecule has 0 aliphatic carbocycles. The van der Waals surface area contributed by atoms with Gasteiger partial charge < -0.3 is 5.32 Å². The number of halogens is 7. The number of sulfonamides is 1. The van der Waals surface area contributed by atoms with Crippen molar-refractivity contribution in [2.24, 2.45) is 0 Å². The van der Waals surface area contributed by atoms with Crippen molar-refractivity contribution in [2.75, 3.05) is 25.9 Å². The van der Waals surface area contributed by atoms with Crippen LogP contribution in [0.15, 0.2) is 0 Å². The van der Waals surface area contributed by atoms with E-state index in [4.69, 9.17) is 0 Å². The summed E-state index contributed by atoms with van der Waals surface area (Å²) in [4.78, 5) is 0. The first-order chi connectivity index (χ1) is 9.27. The van der Waals surface area contributed by atoms with Crippen LogP contribution in [0.5, 0.6) is 0 Å². The molecule has 4 nitrogen and oxygen atoms in total. The van der Waals surface area contributed by atoms with E-state index in [0.717, 1.165) is 0 Å². The van der Waals surface area contributed by atoms with Gasteiger partial charge in [-0.3, -0.25) is 0 Å². The van der Waals surface area contributed by atoms with Crippen LogP contribution in [0.1, 0.15) is 12.8 Å². The fraction of sp³-hybridized carbons (Fsp3) is 1.00. The molecule has 0 aromatic heterocycles. The summed E-state index contributed by atoms with van der Waals surface area (Å²) in [5.41, 5.74) is -5.56. The minimum atomic E-state index is -6.24. The standard InChI is InChI=1S/C9H15F7N2O2S/c1-17-4-2-5-18-21(19,20)6-3-7(10,8(11,12)13)9(14,15)16/h17-18H,2-6H2,1H3. The summed E-state index contributed by atoms with van der Waals surface area (Å²) in [7, 11) is -2.87. The molecule has 128 valence electrons. The van der Waals surface area contributed by atoms with Crippen LogP contribution in [-0.2, 0) is 10.0 Å². The molecule has 2 N–H and O–H groups in total. The minimum absolute atomic E-state index is 0.180. The van der Waals surface area contributed by atoms with Gasteiger partial charge in [0.2, 0.25) is 10.0 Å². The lowest BCUT2D eigenvalue weighted by Gasteiger charge is -2.29. The zero-order valence-corrected chi connectivity index (χ0v) is 11.7. The largest absolute Gasteiger partial charge is 0.431 e. The van der Waals surface area contributed by atoms with E-state index in [1.54, 1.807) is 11.8 Å². The zero-order chi connectivity index (χ0) is 16.9. The predicted molar refractivity (Wildman–Crippen MR) is 60.9 cm³/mol. The molecule has 0 spiro atoms. The Bertz CT molecular complexity index is 405. The summed E-state index contributed by atoms with van der Waals surface area (Å²) >= 11 is 0. The molecule has 0 saturated carbocycles. The second-order valence-electron chi connectivity index (χ2n) is 4.22. The number of alkyl halides is 7. The average molecular weight is 348 g/mol. The van der Waals surface area contributed by atoms with Gasteiger partial charge in [-0.25, -0.2) is 17.5 Å². The van der Waals surface area contributed by atoms with Gasteiger partial charge >= 0.3 is 12.4 Å². The van der Waals surface area contributed by atoms with Crippen LogP contribution in [-0.4, -0.2) is 52.3 Å². The molecule has 12 heteroatoms. The zero-order valence-electron chi connectivity index (χ0n) is 10.9. The van der Waals surface area contributed by atoms with Gasteiger partial charge in [0, 0.05) is 13.0 Å². The topological polar surface area (TPSA) is 58.2 Å². The van der Waals surface area contributed by atoms with E-state index in [2.05, 4.69) is 5.32 Å². The first kappa shape index (κ1) is 20.4. The molecule has 0 heterocycles. The molecule has 21 heavy (non-hydrogen) atoms. The van der Waals surface area contributed by atoms with Crippen molar-refractivity contribution < 1.29 is 39.2 Å².